The Bertz CT molecular complexity index is 613. The van der Waals surface area contributed by atoms with Gasteiger partial charge in [-0.2, -0.15) is 0 Å². The molecule has 0 saturated carbocycles. The fourth-order valence-electron chi connectivity index (χ4n) is 1.73. The Hall–Kier alpha value is -1.66. The summed E-state index contributed by atoms with van der Waals surface area (Å²) in [5, 5.41) is 0. The Labute approximate surface area is 106 Å². The van der Waals surface area contributed by atoms with E-state index in [1.807, 2.05) is 19.9 Å². The van der Waals surface area contributed by atoms with Crippen LogP contribution in [-0.2, 0) is 16.6 Å². The van der Waals surface area contributed by atoms with Crippen molar-refractivity contribution in [2.75, 3.05) is 0 Å². The topological polar surface area (TPSA) is 74.8 Å². The lowest BCUT2D eigenvalue weighted by atomic mass is 10.2. The van der Waals surface area contributed by atoms with Crippen LogP contribution >= 0.6 is 0 Å². The van der Waals surface area contributed by atoms with E-state index in [4.69, 9.17) is 0 Å². The Kier molecular flexibility index (Phi) is 3.49. The summed E-state index contributed by atoms with van der Waals surface area (Å²) in [7, 11) is -3.49. The van der Waals surface area contributed by atoms with Gasteiger partial charge in [0.15, 0.2) is 0 Å². The molecule has 0 bridgehead atoms. The maximum atomic E-state index is 12.1. The van der Waals surface area contributed by atoms with Crippen molar-refractivity contribution in [3.8, 4) is 0 Å². The molecule has 0 radical (unpaired) electrons. The third-order valence-electron chi connectivity index (χ3n) is 2.49. The van der Waals surface area contributed by atoms with E-state index in [0.29, 0.717) is 5.82 Å². The first kappa shape index (κ1) is 12.8. The van der Waals surface area contributed by atoms with Gasteiger partial charge in [-0.3, -0.25) is 0 Å². The van der Waals surface area contributed by atoms with Crippen molar-refractivity contribution in [1.29, 1.82) is 0 Å². The molecule has 0 aliphatic carbocycles. The number of aromatic nitrogens is 2. The maximum Gasteiger partial charge on any atom is 0.240 e. The number of nitrogens with one attached hydrogen (secondary N) is 2. The summed E-state index contributed by atoms with van der Waals surface area (Å²) in [6.45, 7) is 3.90. The molecular weight excluding hydrogens is 250 g/mol. The molecule has 1 aromatic carbocycles. The normalized spacial score (nSPS) is 11.7. The Morgan fingerprint density at radius 1 is 1.22 bits per heavy atom. The first-order valence-corrected chi connectivity index (χ1v) is 7.02. The van der Waals surface area contributed by atoms with Crippen molar-refractivity contribution in [1.82, 2.24) is 14.7 Å². The molecule has 0 aliphatic rings. The van der Waals surface area contributed by atoms with Crippen LogP contribution in [0.25, 0.3) is 0 Å². The molecule has 18 heavy (non-hydrogen) atoms. The summed E-state index contributed by atoms with van der Waals surface area (Å²) in [5.74, 6) is 0.586. The predicted molar refractivity (Wildman–Crippen MR) is 68.5 cm³/mol. The number of sulfonamides is 1. The number of rotatable bonds is 4. The fourth-order valence-corrected chi connectivity index (χ4v) is 2.90. The van der Waals surface area contributed by atoms with Crippen molar-refractivity contribution in [3.05, 3.63) is 47.5 Å². The van der Waals surface area contributed by atoms with Gasteiger partial charge in [0.1, 0.15) is 5.82 Å². The van der Waals surface area contributed by atoms with Gasteiger partial charge >= 0.3 is 0 Å². The van der Waals surface area contributed by atoms with E-state index in [9.17, 15) is 8.42 Å². The summed E-state index contributed by atoms with van der Waals surface area (Å²) >= 11 is 0. The maximum absolute atomic E-state index is 12.1. The van der Waals surface area contributed by atoms with E-state index in [2.05, 4.69) is 14.7 Å². The monoisotopic (exact) mass is 265 g/mol. The molecule has 2 aromatic rings. The van der Waals surface area contributed by atoms with Gasteiger partial charge in [0.2, 0.25) is 10.0 Å². The van der Waals surface area contributed by atoms with Crippen molar-refractivity contribution >= 4 is 10.0 Å². The molecule has 0 amide bonds. The first-order chi connectivity index (χ1) is 8.47. The average Bonchev–Trinajstić information content (AvgIpc) is 2.78. The minimum absolute atomic E-state index is 0.155. The zero-order valence-corrected chi connectivity index (χ0v) is 11.1. The molecule has 0 spiro atoms. The van der Waals surface area contributed by atoms with Crippen molar-refractivity contribution < 1.29 is 8.42 Å². The Morgan fingerprint density at radius 3 is 2.44 bits per heavy atom. The van der Waals surface area contributed by atoms with E-state index in [0.717, 1.165) is 11.1 Å². The fraction of sp³-hybridized carbons (Fsp3) is 0.250. The Morgan fingerprint density at radius 2 is 1.89 bits per heavy atom. The van der Waals surface area contributed by atoms with E-state index >= 15 is 0 Å². The number of H-pyrrole nitrogens is 1. The van der Waals surface area contributed by atoms with Crippen LogP contribution in [-0.4, -0.2) is 18.4 Å². The van der Waals surface area contributed by atoms with Crippen LogP contribution in [0.5, 0.6) is 0 Å². The number of aromatic amines is 1. The molecule has 1 aromatic heterocycles. The van der Waals surface area contributed by atoms with Gasteiger partial charge in [0.25, 0.3) is 0 Å². The summed E-state index contributed by atoms with van der Waals surface area (Å²) in [6.07, 6.45) is 3.24. The molecule has 0 saturated heterocycles. The highest BCUT2D eigenvalue weighted by Gasteiger charge is 2.14. The van der Waals surface area contributed by atoms with Crippen molar-refractivity contribution in [2.45, 2.75) is 25.3 Å². The molecular formula is C12H15N3O2S. The summed E-state index contributed by atoms with van der Waals surface area (Å²) in [6, 6.07) is 5.24. The van der Waals surface area contributed by atoms with Crippen LogP contribution in [0.4, 0.5) is 0 Å². The van der Waals surface area contributed by atoms with Gasteiger partial charge < -0.3 is 4.98 Å². The van der Waals surface area contributed by atoms with Gasteiger partial charge in [-0.25, -0.2) is 18.1 Å². The summed E-state index contributed by atoms with van der Waals surface area (Å²) < 4.78 is 26.7. The highest BCUT2D eigenvalue weighted by atomic mass is 32.2. The molecule has 96 valence electrons. The minimum atomic E-state index is -3.49. The van der Waals surface area contributed by atoms with Crippen LogP contribution in [0.1, 0.15) is 17.0 Å². The third-order valence-corrected chi connectivity index (χ3v) is 3.87. The molecule has 2 rings (SSSR count). The highest BCUT2D eigenvalue weighted by molar-refractivity contribution is 7.89. The quantitative estimate of drug-likeness (QED) is 0.879. The molecule has 0 aliphatic heterocycles. The third kappa shape index (κ3) is 2.96. The van der Waals surface area contributed by atoms with E-state index < -0.39 is 10.0 Å². The molecule has 5 nitrogen and oxygen atoms in total. The number of hydrogen-bond acceptors (Lipinski definition) is 3. The molecule has 0 unspecified atom stereocenters. The lowest BCUT2D eigenvalue weighted by Crippen LogP contribution is -2.24. The number of aryl methyl sites for hydroxylation is 2. The van der Waals surface area contributed by atoms with Crippen LogP contribution in [0.3, 0.4) is 0 Å². The van der Waals surface area contributed by atoms with Crippen LogP contribution in [0.15, 0.2) is 35.5 Å². The summed E-state index contributed by atoms with van der Waals surface area (Å²) in [4.78, 5) is 7.10. The van der Waals surface area contributed by atoms with E-state index in [1.54, 1.807) is 24.5 Å². The number of imidazole rings is 1. The van der Waals surface area contributed by atoms with E-state index in [1.165, 1.54) is 0 Å². The second kappa shape index (κ2) is 4.91. The largest absolute Gasteiger partial charge is 0.347 e. The van der Waals surface area contributed by atoms with Gasteiger partial charge in [-0.05, 0) is 37.1 Å². The Balaban J connectivity index is 2.20. The zero-order chi connectivity index (χ0) is 13.2. The standard InChI is InChI=1S/C12H15N3O2S/c1-9-5-10(2)7-11(6-9)18(16,17)15-8-12-13-3-4-14-12/h3-7,15H,8H2,1-2H3,(H,13,14). The zero-order valence-electron chi connectivity index (χ0n) is 10.3. The molecule has 0 fully saturated rings. The highest BCUT2D eigenvalue weighted by Crippen LogP contribution is 2.14. The lowest BCUT2D eigenvalue weighted by Gasteiger charge is -2.07. The van der Waals surface area contributed by atoms with Gasteiger partial charge in [-0.1, -0.05) is 6.07 Å². The van der Waals surface area contributed by atoms with Crippen LogP contribution < -0.4 is 4.72 Å². The second-order valence-electron chi connectivity index (χ2n) is 4.18. The van der Waals surface area contributed by atoms with Crippen molar-refractivity contribution in [3.63, 3.8) is 0 Å². The minimum Gasteiger partial charge on any atom is -0.347 e. The lowest BCUT2D eigenvalue weighted by molar-refractivity contribution is 0.579. The average molecular weight is 265 g/mol. The second-order valence-corrected chi connectivity index (χ2v) is 5.95. The number of benzene rings is 1. The molecule has 1 heterocycles. The summed E-state index contributed by atoms with van der Waals surface area (Å²) in [5.41, 5.74) is 1.85. The van der Waals surface area contributed by atoms with Gasteiger partial charge in [0, 0.05) is 12.4 Å². The van der Waals surface area contributed by atoms with E-state index in [-0.39, 0.29) is 11.4 Å². The number of hydrogen-bond donors (Lipinski definition) is 2. The smallest absolute Gasteiger partial charge is 0.240 e. The number of nitrogens with zero attached hydrogens (tertiary/aromatic N) is 1. The molecule has 6 heteroatoms. The SMILES string of the molecule is Cc1cc(C)cc(S(=O)(=O)NCc2ncc[nH]2)c1. The van der Waals surface area contributed by atoms with Gasteiger partial charge in [0.05, 0.1) is 11.4 Å². The molecule has 2 N–H and O–H groups in total. The predicted octanol–water partition coefficient (Wildman–Crippen LogP) is 1.51. The molecule has 0 atom stereocenters. The van der Waals surface area contributed by atoms with Gasteiger partial charge in [-0.15, -0.1) is 0 Å². The van der Waals surface area contributed by atoms with Crippen molar-refractivity contribution in [2.24, 2.45) is 0 Å². The van der Waals surface area contributed by atoms with Crippen LogP contribution in [0.2, 0.25) is 0 Å². The first-order valence-electron chi connectivity index (χ1n) is 5.53. The van der Waals surface area contributed by atoms with Crippen LogP contribution in [0, 0.1) is 13.8 Å².